The van der Waals surface area contributed by atoms with Crippen LogP contribution in [0.4, 0.5) is 4.79 Å². The molecule has 0 aliphatic carbocycles. The summed E-state index contributed by atoms with van der Waals surface area (Å²) in [5.74, 6) is 1.05. The molecule has 9 nitrogen and oxygen atoms in total. The Morgan fingerprint density at radius 3 is 2.90 bits per heavy atom. The maximum atomic E-state index is 12.9. The van der Waals surface area contributed by atoms with E-state index in [2.05, 4.69) is 27.5 Å². The fraction of sp³-hybridized carbons (Fsp3) is 0.600. The molecule has 1 unspecified atom stereocenters. The average molecular weight is 402 g/mol. The Morgan fingerprint density at radius 2 is 2.24 bits per heavy atom. The number of methoxy groups -OCH3 is 1. The van der Waals surface area contributed by atoms with E-state index in [9.17, 15) is 9.59 Å². The van der Waals surface area contributed by atoms with Crippen molar-refractivity contribution in [3.05, 3.63) is 23.9 Å². The van der Waals surface area contributed by atoms with Crippen LogP contribution in [0.25, 0.3) is 0 Å². The third-order valence-corrected chi connectivity index (χ3v) is 5.23. The molecule has 1 aromatic rings. The summed E-state index contributed by atoms with van der Waals surface area (Å²) in [5, 5.41) is 5.86. The number of nitrogens with one attached hydrogen (secondary N) is 2. The van der Waals surface area contributed by atoms with E-state index in [-0.39, 0.29) is 18.0 Å². The summed E-state index contributed by atoms with van der Waals surface area (Å²) in [6.45, 7) is 5.56. The summed E-state index contributed by atoms with van der Waals surface area (Å²) in [4.78, 5) is 37.1. The zero-order chi connectivity index (χ0) is 20.6. The van der Waals surface area contributed by atoms with Gasteiger partial charge < -0.3 is 19.9 Å². The first-order chi connectivity index (χ1) is 14.1. The van der Waals surface area contributed by atoms with Crippen LogP contribution >= 0.6 is 0 Å². The van der Waals surface area contributed by atoms with Gasteiger partial charge in [0.15, 0.2) is 5.96 Å². The minimum absolute atomic E-state index is 0.00964. The number of hydrogen-bond donors (Lipinski definition) is 2. The number of carbonyl (C=O) groups is 2. The first kappa shape index (κ1) is 20.9. The average Bonchev–Trinajstić information content (AvgIpc) is 3.10. The van der Waals surface area contributed by atoms with E-state index in [1.54, 1.807) is 13.3 Å². The molecule has 1 aromatic heterocycles. The molecule has 3 rings (SSSR count). The van der Waals surface area contributed by atoms with Crippen LogP contribution < -0.4 is 15.4 Å². The van der Waals surface area contributed by atoms with E-state index >= 15 is 0 Å². The van der Waals surface area contributed by atoms with Crippen LogP contribution in [0.5, 0.6) is 5.88 Å². The second kappa shape index (κ2) is 10.1. The Bertz CT molecular complexity index is 736. The predicted octanol–water partition coefficient (Wildman–Crippen LogP) is 1.52. The molecule has 2 aliphatic heterocycles. The smallest absolute Gasteiger partial charge is 0.320 e. The number of nitrogens with zero attached hydrogens (tertiary/aromatic N) is 4. The normalized spacial score (nSPS) is 17.6. The predicted molar refractivity (Wildman–Crippen MR) is 110 cm³/mol. The third-order valence-electron chi connectivity index (χ3n) is 5.23. The van der Waals surface area contributed by atoms with Crippen LogP contribution in [0.3, 0.4) is 0 Å². The number of urea groups is 1. The highest BCUT2D eigenvalue weighted by Gasteiger charge is 2.33. The van der Waals surface area contributed by atoms with E-state index in [0.29, 0.717) is 44.3 Å². The molecule has 3 amide bonds. The minimum atomic E-state index is -0.0719. The van der Waals surface area contributed by atoms with Gasteiger partial charge in [-0.1, -0.05) is 13.0 Å². The van der Waals surface area contributed by atoms with Crippen molar-refractivity contribution in [2.24, 2.45) is 4.99 Å². The summed E-state index contributed by atoms with van der Waals surface area (Å²) in [7, 11) is 1.58. The number of hydrogen-bond acceptors (Lipinski definition) is 6. The van der Waals surface area contributed by atoms with Crippen molar-refractivity contribution in [2.45, 2.75) is 38.6 Å². The van der Waals surface area contributed by atoms with E-state index in [1.807, 2.05) is 21.9 Å². The zero-order valence-electron chi connectivity index (χ0n) is 17.2. The highest BCUT2D eigenvalue weighted by atomic mass is 16.5. The van der Waals surface area contributed by atoms with Gasteiger partial charge in [0.05, 0.1) is 13.2 Å². The van der Waals surface area contributed by atoms with Gasteiger partial charge in [-0.3, -0.25) is 15.1 Å². The number of ether oxygens (including phenoxy) is 1. The summed E-state index contributed by atoms with van der Waals surface area (Å²) < 4.78 is 5.11. The summed E-state index contributed by atoms with van der Waals surface area (Å²) in [5.41, 5.74) is 1.00. The number of amides is 3. The maximum absolute atomic E-state index is 12.9. The minimum Gasteiger partial charge on any atom is -0.481 e. The SMILES string of the molecule is CCC(c1ccc(OC)nc1)N1CCN(CCCC(=O)NC2=NCCCN2)C1=O. The first-order valence-corrected chi connectivity index (χ1v) is 10.3. The summed E-state index contributed by atoms with van der Waals surface area (Å²) in [6.07, 6.45) is 4.56. The Hall–Kier alpha value is -2.84. The first-order valence-electron chi connectivity index (χ1n) is 10.3. The van der Waals surface area contributed by atoms with Gasteiger partial charge >= 0.3 is 6.03 Å². The third kappa shape index (κ3) is 5.36. The number of aliphatic imine (C=N–C) groups is 1. The maximum Gasteiger partial charge on any atom is 0.320 e. The van der Waals surface area contributed by atoms with Crippen LogP contribution in [0.2, 0.25) is 0 Å². The molecule has 3 heterocycles. The molecule has 9 heteroatoms. The molecule has 2 aliphatic rings. The number of aromatic nitrogens is 1. The Balaban J connectivity index is 1.48. The summed E-state index contributed by atoms with van der Waals surface area (Å²) in [6, 6.07) is 3.79. The summed E-state index contributed by atoms with van der Waals surface area (Å²) >= 11 is 0. The van der Waals surface area contributed by atoms with Crippen LogP contribution in [-0.4, -0.2) is 72.5 Å². The van der Waals surface area contributed by atoms with E-state index in [1.165, 1.54) is 0 Å². The van der Waals surface area contributed by atoms with Crippen molar-refractivity contribution in [1.82, 2.24) is 25.4 Å². The van der Waals surface area contributed by atoms with Crippen LogP contribution in [0, 0.1) is 0 Å². The molecule has 1 atom stereocenters. The molecule has 0 saturated carbocycles. The fourth-order valence-corrected chi connectivity index (χ4v) is 3.68. The quantitative estimate of drug-likeness (QED) is 0.687. The van der Waals surface area contributed by atoms with E-state index in [4.69, 9.17) is 4.74 Å². The molecule has 0 radical (unpaired) electrons. The van der Waals surface area contributed by atoms with Crippen molar-refractivity contribution in [3.8, 4) is 5.88 Å². The molecule has 0 spiro atoms. The molecular weight excluding hydrogens is 372 g/mol. The van der Waals surface area contributed by atoms with Crippen molar-refractivity contribution < 1.29 is 14.3 Å². The second-order valence-electron chi connectivity index (χ2n) is 7.18. The van der Waals surface area contributed by atoms with Crippen molar-refractivity contribution >= 4 is 17.9 Å². The van der Waals surface area contributed by atoms with Gasteiger partial charge in [0.25, 0.3) is 0 Å². The Kier molecular flexibility index (Phi) is 7.26. The fourth-order valence-electron chi connectivity index (χ4n) is 3.68. The molecule has 0 bridgehead atoms. The topological polar surface area (TPSA) is 99.2 Å². The lowest BCUT2D eigenvalue weighted by molar-refractivity contribution is -0.119. The molecule has 2 N–H and O–H groups in total. The van der Waals surface area contributed by atoms with Gasteiger partial charge in [0.1, 0.15) is 0 Å². The highest BCUT2D eigenvalue weighted by Crippen LogP contribution is 2.28. The number of guanidine groups is 1. The molecule has 158 valence electrons. The molecule has 29 heavy (non-hydrogen) atoms. The lowest BCUT2D eigenvalue weighted by Gasteiger charge is -2.27. The zero-order valence-corrected chi connectivity index (χ0v) is 17.2. The number of rotatable bonds is 8. The standard InChI is InChI=1S/C20H30N6O3/c1-3-16(15-7-8-18(29-2)23-14-15)26-13-12-25(20(26)28)11-4-6-17(27)24-19-21-9-5-10-22-19/h7-8,14,16H,3-6,9-13H2,1-2H3,(H2,21,22,24,27). The molecule has 0 aromatic carbocycles. The van der Waals surface area contributed by atoms with Gasteiger partial charge in [0, 0.05) is 51.4 Å². The van der Waals surface area contributed by atoms with Crippen LogP contribution in [0.15, 0.2) is 23.3 Å². The number of pyridine rings is 1. The molecule has 1 fully saturated rings. The van der Waals surface area contributed by atoms with Gasteiger partial charge in [-0.05, 0) is 24.8 Å². The lowest BCUT2D eigenvalue weighted by Crippen LogP contribution is -2.43. The second-order valence-corrected chi connectivity index (χ2v) is 7.18. The van der Waals surface area contributed by atoms with Crippen molar-refractivity contribution in [3.63, 3.8) is 0 Å². The lowest BCUT2D eigenvalue weighted by atomic mass is 10.1. The monoisotopic (exact) mass is 402 g/mol. The van der Waals surface area contributed by atoms with Crippen molar-refractivity contribution in [1.29, 1.82) is 0 Å². The highest BCUT2D eigenvalue weighted by molar-refractivity contribution is 5.97. The molecule has 1 saturated heterocycles. The largest absolute Gasteiger partial charge is 0.481 e. The van der Waals surface area contributed by atoms with Crippen LogP contribution in [-0.2, 0) is 4.79 Å². The van der Waals surface area contributed by atoms with Gasteiger partial charge in [-0.25, -0.2) is 9.78 Å². The molecular formula is C20H30N6O3. The Morgan fingerprint density at radius 1 is 1.38 bits per heavy atom. The van der Waals surface area contributed by atoms with E-state index in [0.717, 1.165) is 31.5 Å². The van der Waals surface area contributed by atoms with E-state index < -0.39 is 0 Å². The Labute approximate surface area is 171 Å². The van der Waals surface area contributed by atoms with Gasteiger partial charge in [-0.15, -0.1) is 0 Å². The van der Waals surface area contributed by atoms with Crippen LogP contribution in [0.1, 0.15) is 44.2 Å². The van der Waals surface area contributed by atoms with Crippen molar-refractivity contribution in [2.75, 3.05) is 39.8 Å². The van der Waals surface area contributed by atoms with Gasteiger partial charge in [-0.2, -0.15) is 0 Å². The van der Waals surface area contributed by atoms with Gasteiger partial charge in [0.2, 0.25) is 11.8 Å². The number of carbonyl (C=O) groups excluding carboxylic acids is 2.